The average Bonchev–Trinajstić information content (AvgIpc) is 2.37. The molecule has 3 nitrogen and oxygen atoms in total. The standard InChI is InChI=1S/C13H14F3NO2S/c1-2-20-11-5-6-17(12(18)19)10-4-3-8(7-9(10)11)13(14,15)16/h3-4,7,11H,2,5-6H2,1H3,(H,18,19)/t11-/m0/s1. The molecule has 20 heavy (non-hydrogen) atoms. The first kappa shape index (κ1) is 15.0. The van der Waals surface area contributed by atoms with Crippen LogP contribution in [0.15, 0.2) is 18.2 Å². The number of anilines is 1. The molecular weight excluding hydrogens is 291 g/mol. The Hall–Kier alpha value is -1.37. The van der Waals surface area contributed by atoms with Gasteiger partial charge in [-0.05, 0) is 35.9 Å². The van der Waals surface area contributed by atoms with Crippen molar-refractivity contribution in [1.29, 1.82) is 0 Å². The van der Waals surface area contributed by atoms with Crippen molar-refractivity contribution < 1.29 is 23.1 Å². The third-order valence-corrected chi connectivity index (χ3v) is 4.43. The summed E-state index contributed by atoms with van der Waals surface area (Å²) in [6.07, 6.45) is -5.02. The summed E-state index contributed by atoms with van der Waals surface area (Å²) in [5, 5.41) is 9.04. The van der Waals surface area contributed by atoms with Crippen molar-refractivity contribution in [3.63, 3.8) is 0 Å². The SMILES string of the molecule is CCS[C@H]1CCN(C(=O)O)c2ccc(C(F)(F)F)cc21. The van der Waals surface area contributed by atoms with Gasteiger partial charge in [0.1, 0.15) is 0 Å². The second kappa shape index (κ2) is 5.55. The molecule has 0 aliphatic carbocycles. The number of hydrogen-bond acceptors (Lipinski definition) is 2. The largest absolute Gasteiger partial charge is 0.465 e. The van der Waals surface area contributed by atoms with Gasteiger partial charge in [-0.3, -0.25) is 4.90 Å². The van der Waals surface area contributed by atoms with E-state index in [1.54, 1.807) is 11.8 Å². The van der Waals surface area contributed by atoms with Crippen molar-refractivity contribution in [3.8, 4) is 0 Å². The van der Waals surface area contributed by atoms with Gasteiger partial charge in [-0.1, -0.05) is 6.92 Å². The Morgan fingerprint density at radius 3 is 2.75 bits per heavy atom. The second-order valence-corrected chi connectivity index (χ2v) is 5.92. The molecule has 1 heterocycles. The van der Waals surface area contributed by atoms with Crippen molar-refractivity contribution >= 4 is 23.5 Å². The molecule has 7 heteroatoms. The molecule has 1 aromatic carbocycles. The predicted molar refractivity (Wildman–Crippen MR) is 72.3 cm³/mol. The van der Waals surface area contributed by atoms with E-state index in [1.807, 2.05) is 6.92 Å². The number of benzene rings is 1. The molecule has 0 aromatic heterocycles. The highest BCUT2D eigenvalue weighted by molar-refractivity contribution is 7.99. The Balaban J connectivity index is 2.49. The van der Waals surface area contributed by atoms with E-state index >= 15 is 0 Å². The number of rotatable bonds is 2. The van der Waals surface area contributed by atoms with E-state index in [0.29, 0.717) is 24.2 Å². The third kappa shape index (κ3) is 2.87. The highest BCUT2D eigenvalue weighted by Crippen LogP contribution is 2.44. The van der Waals surface area contributed by atoms with E-state index in [0.717, 1.165) is 22.8 Å². The van der Waals surface area contributed by atoms with E-state index in [9.17, 15) is 18.0 Å². The Morgan fingerprint density at radius 1 is 1.50 bits per heavy atom. The van der Waals surface area contributed by atoms with Gasteiger partial charge in [-0.2, -0.15) is 24.9 Å². The van der Waals surface area contributed by atoms with Crippen LogP contribution < -0.4 is 4.90 Å². The molecule has 1 amide bonds. The molecule has 1 aliphatic rings. The zero-order valence-electron chi connectivity index (χ0n) is 10.8. The molecule has 110 valence electrons. The number of carboxylic acid groups (broad SMARTS) is 1. The summed E-state index contributed by atoms with van der Waals surface area (Å²) >= 11 is 1.54. The molecule has 0 fully saturated rings. The number of hydrogen-bond donors (Lipinski definition) is 1. The summed E-state index contributed by atoms with van der Waals surface area (Å²) in [5.74, 6) is 0.771. The predicted octanol–water partition coefficient (Wildman–Crippen LogP) is 4.39. The fourth-order valence-electron chi connectivity index (χ4n) is 2.33. The molecule has 0 saturated heterocycles. The third-order valence-electron chi connectivity index (χ3n) is 3.21. The zero-order chi connectivity index (χ0) is 14.9. The smallest absolute Gasteiger partial charge is 0.416 e. The van der Waals surface area contributed by atoms with Gasteiger partial charge >= 0.3 is 12.3 Å². The minimum atomic E-state index is -4.41. The average molecular weight is 305 g/mol. The summed E-state index contributed by atoms with van der Waals surface area (Å²) < 4.78 is 38.4. The van der Waals surface area contributed by atoms with Crippen molar-refractivity contribution in [3.05, 3.63) is 29.3 Å². The molecule has 0 bridgehead atoms. The van der Waals surface area contributed by atoms with Crippen LogP contribution in [0.4, 0.5) is 23.7 Å². The molecule has 0 unspecified atom stereocenters. The van der Waals surface area contributed by atoms with Crippen LogP contribution in [0.3, 0.4) is 0 Å². The molecule has 1 N–H and O–H groups in total. The maximum Gasteiger partial charge on any atom is 0.416 e. The van der Waals surface area contributed by atoms with Crippen LogP contribution in [0.2, 0.25) is 0 Å². The molecule has 1 atom stereocenters. The van der Waals surface area contributed by atoms with Crippen LogP contribution in [0.5, 0.6) is 0 Å². The first-order valence-electron chi connectivity index (χ1n) is 6.17. The van der Waals surface area contributed by atoms with E-state index in [1.165, 1.54) is 6.07 Å². The molecule has 1 aromatic rings. The maximum atomic E-state index is 12.8. The Bertz CT molecular complexity index is 519. The minimum absolute atomic E-state index is 0.0899. The quantitative estimate of drug-likeness (QED) is 0.881. The van der Waals surface area contributed by atoms with Crippen molar-refractivity contribution in [2.45, 2.75) is 24.8 Å². The maximum absolute atomic E-state index is 12.8. The fraction of sp³-hybridized carbons (Fsp3) is 0.462. The first-order chi connectivity index (χ1) is 9.34. The lowest BCUT2D eigenvalue weighted by Crippen LogP contribution is -2.35. The number of thioether (sulfide) groups is 1. The van der Waals surface area contributed by atoms with Gasteiger partial charge in [-0.25, -0.2) is 4.79 Å². The van der Waals surface area contributed by atoms with Crippen LogP contribution in [-0.4, -0.2) is 23.5 Å². The summed E-state index contributed by atoms with van der Waals surface area (Å²) in [4.78, 5) is 12.3. The second-order valence-electron chi connectivity index (χ2n) is 4.44. The Morgan fingerprint density at radius 2 is 2.20 bits per heavy atom. The number of amides is 1. The molecule has 1 aliphatic heterocycles. The van der Waals surface area contributed by atoms with Crippen molar-refractivity contribution in [2.75, 3.05) is 17.2 Å². The minimum Gasteiger partial charge on any atom is -0.465 e. The van der Waals surface area contributed by atoms with Gasteiger partial charge in [0, 0.05) is 11.8 Å². The highest BCUT2D eigenvalue weighted by atomic mass is 32.2. The van der Waals surface area contributed by atoms with Crippen molar-refractivity contribution in [2.24, 2.45) is 0 Å². The number of fused-ring (bicyclic) bond motifs is 1. The lowest BCUT2D eigenvalue weighted by molar-refractivity contribution is -0.137. The fourth-order valence-corrected chi connectivity index (χ4v) is 3.37. The van der Waals surface area contributed by atoms with Gasteiger partial charge in [0.05, 0.1) is 11.3 Å². The number of alkyl halides is 3. The molecule has 2 rings (SSSR count). The summed E-state index contributed by atoms with van der Waals surface area (Å²) in [7, 11) is 0. The molecule has 0 spiro atoms. The normalized spacial score (nSPS) is 18.8. The summed E-state index contributed by atoms with van der Waals surface area (Å²) in [5.41, 5.74) is 0.0909. The highest BCUT2D eigenvalue weighted by Gasteiger charge is 2.35. The number of carbonyl (C=O) groups is 1. The topological polar surface area (TPSA) is 40.5 Å². The first-order valence-corrected chi connectivity index (χ1v) is 7.22. The molecular formula is C13H14F3NO2S. The Kier molecular flexibility index (Phi) is 4.17. The van der Waals surface area contributed by atoms with Crippen LogP contribution in [-0.2, 0) is 6.18 Å². The summed E-state index contributed by atoms with van der Waals surface area (Å²) in [6, 6.07) is 3.28. The number of nitrogens with zero attached hydrogens (tertiary/aromatic N) is 1. The molecule has 0 saturated carbocycles. The Labute approximate surface area is 118 Å². The van der Waals surface area contributed by atoms with Crippen LogP contribution in [0, 0.1) is 0 Å². The van der Waals surface area contributed by atoms with Gasteiger partial charge in [0.2, 0.25) is 0 Å². The lowest BCUT2D eigenvalue weighted by atomic mass is 9.98. The van der Waals surface area contributed by atoms with E-state index in [4.69, 9.17) is 5.11 Å². The van der Waals surface area contributed by atoms with Crippen LogP contribution >= 0.6 is 11.8 Å². The van der Waals surface area contributed by atoms with Gasteiger partial charge in [0.25, 0.3) is 0 Å². The monoisotopic (exact) mass is 305 g/mol. The van der Waals surface area contributed by atoms with Gasteiger partial charge in [-0.15, -0.1) is 0 Å². The van der Waals surface area contributed by atoms with Gasteiger partial charge in [0.15, 0.2) is 0 Å². The van der Waals surface area contributed by atoms with E-state index in [-0.39, 0.29) is 5.25 Å². The zero-order valence-corrected chi connectivity index (χ0v) is 11.6. The summed E-state index contributed by atoms with van der Waals surface area (Å²) in [6.45, 7) is 2.24. The van der Waals surface area contributed by atoms with Crippen LogP contribution in [0.1, 0.15) is 29.7 Å². The lowest BCUT2D eigenvalue weighted by Gasteiger charge is -2.32. The van der Waals surface area contributed by atoms with E-state index in [2.05, 4.69) is 0 Å². The number of halogens is 3. The van der Waals surface area contributed by atoms with E-state index < -0.39 is 17.8 Å². The van der Waals surface area contributed by atoms with Crippen LogP contribution in [0.25, 0.3) is 0 Å². The van der Waals surface area contributed by atoms with Crippen molar-refractivity contribution in [1.82, 2.24) is 0 Å². The van der Waals surface area contributed by atoms with Gasteiger partial charge < -0.3 is 5.11 Å². The molecule has 0 radical (unpaired) electrons.